The van der Waals surface area contributed by atoms with Crippen molar-refractivity contribution in [1.82, 2.24) is 10.6 Å². The van der Waals surface area contributed by atoms with E-state index in [1.165, 1.54) is 0 Å². The van der Waals surface area contributed by atoms with Crippen LogP contribution in [0.25, 0.3) is 0 Å². The van der Waals surface area contributed by atoms with Gasteiger partial charge in [0.1, 0.15) is 0 Å². The summed E-state index contributed by atoms with van der Waals surface area (Å²) in [6.45, 7) is 3.58. The lowest BCUT2D eigenvalue weighted by molar-refractivity contribution is -0.142. The molecule has 0 bridgehead atoms. The van der Waals surface area contributed by atoms with Crippen LogP contribution in [0.4, 0.5) is 0 Å². The number of carboxylic acids is 1. The fourth-order valence-corrected chi connectivity index (χ4v) is 1.15. The van der Waals surface area contributed by atoms with Crippen molar-refractivity contribution in [2.45, 2.75) is 38.8 Å². The molecule has 1 saturated carbocycles. The van der Waals surface area contributed by atoms with Gasteiger partial charge in [-0.3, -0.25) is 9.59 Å². The Balaban J connectivity index is 2.17. The van der Waals surface area contributed by atoms with Crippen molar-refractivity contribution >= 4 is 11.9 Å². The third kappa shape index (κ3) is 4.29. The van der Waals surface area contributed by atoms with Gasteiger partial charge in [0.2, 0.25) is 5.91 Å². The number of carbonyl (C=O) groups excluding carboxylic acids is 1. The molecule has 15 heavy (non-hydrogen) atoms. The minimum absolute atomic E-state index is 0.0538. The number of hydrogen-bond donors (Lipinski definition) is 3. The summed E-state index contributed by atoms with van der Waals surface area (Å²) in [6, 6.07) is 0.152. The zero-order valence-corrected chi connectivity index (χ0v) is 9.12. The standard InChI is InChI=1S/C10H18N2O3/c1-6(10(14)15)7(2)11-5-9(13)12-8-3-4-8/h6-8,11H,3-5H2,1-2H3,(H,12,13)(H,14,15). The second kappa shape index (κ2) is 5.11. The van der Waals surface area contributed by atoms with Crippen molar-refractivity contribution in [1.29, 1.82) is 0 Å². The van der Waals surface area contributed by atoms with Gasteiger partial charge in [0.15, 0.2) is 0 Å². The van der Waals surface area contributed by atoms with Crippen LogP contribution in [0.15, 0.2) is 0 Å². The quantitative estimate of drug-likeness (QED) is 0.580. The van der Waals surface area contributed by atoms with E-state index in [1.54, 1.807) is 13.8 Å². The van der Waals surface area contributed by atoms with Gasteiger partial charge in [-0.15, -0.1) is 0 Å². The van der Waals surface area contributed by atoms with Crippen molar-refractivity contribution in [3.05, 3.63) is 0 Å². The van der Waals surface area contributed by atoms with E-state index in [-0.39, 0.29) is 18.5 Å². The Bertz CT molecular complexity index is 251. The highest BCUT2D eigenvalue weighted by Gasteiger charge is 2.24. The summed E-state index contributed by atoms with van der Waals surface area (Å²) < 4.78 is 0. The summed E-state index contributed by atoms with van der Waals surface area (Å²) in [4.78, 5) is 21.9. The van der Waals surface area contributed by atoms with Crippen LogP contribution in [0.1, 0.15) is 26.7 Å². The summed E-state index contributed by atoms with van der Waals surface area (Å²) in [6.07, 6.45) is 2.12. The number of hydrogen-bond acceptors (Lipinski definition) is 3. The number of amides is 1. The first kappa shape index (κ1) is 12.0. The van der Waals surface area contributed by atoms with Gasteiger partial charge in [0.25, 0.3) is 0 Å². The highest BCUT2D eigenvalue weighted by Crippen LogP contribution is 2.18. The van der Waals surface area contributed by atoms with Gasteiger partial charge in [-0.2, -0.15) is 0 Å². The van der Waals surface area contributed by atoms with E-state index >= 15 is 0 Å². The molecule has 0 radical (unpaired) electrons. The van der Waals surface area contributed by atoms with E-state index in [0.29, 0.717) is 6.04 Å². The van der Waals surface area contributed by atoms with Crippen molar-refractivity contribution in [3.63, 3.8) is 0 Å². The second-order valence-electron chi connectivity index (χ2n) is 4.14. The zero-order valence-electron chi connectivity index (χ0n) is 9.12. The van der Waals surface area contributed by atoms with Gasteiger partial charge < -0.3 is 15.7 Å². The molecule has 0 aliphatic heterocycles. The first-order chi connectivity index (χ1) is 7.00. The normalized spacial score (nSPS) is 19.3. The molecule has 86 valence electrons. The topological polar surface area (TPSA) is 78.4 Å². The number of carboxylic acid groups (broad SMARTS) is 1. The fraction of sp³-hybridized carbons (Fsp3) is 0.800. The molecule has 1 rings (SSSR count). The van der Waals surface area contributed by atoms with Crippen LogP contribution in [0.5, 0.6) is 0 Å². The molecule has 3 N–H and O–H groups in total. The molecule has 1 aliphatic carbocycles. The van der Waals surface area contributed by atoms with Crippen LogP contribution in [0, 0.1) is 5.92 Å². The predicted octanol–water partition coefficient (Wildman–Crippen LogP) is -0.0362. The molecule has 0 aromatic heterocycles. The average Bonchev–Trinajstić information content (AvgIpc) is 2.96. The van der Waals surface area contributed by atoms with Crippen LogP contribution in [0.2, 0.25) is 0 Å². The molecule has 2 atom stereocenters. The summed E-state index contributed by atoms with van der Waals surface area (Å²) in [5, 5.41) is 14.5. The highest BCUT2D eigenvalue weighted by atomic mass is 16.4. The molecule has 1 fully saturated rings. The third-order valence-corrected chi connectivity index (χ3v) is 2.67. The third-order valence-electron chi connectivity index (χ3n) is 2.67. The van der Waals surface area contributed by atoms with E-state index in [4.69, 9.17) is 5.11 Å². The SMILES string of the molecule is CC(NCC(=O)NC1CC1)C(C)C(=O)O. The molecule has 1 aliphatic rings. The molecule has 0 spiro atoms. The van der Waals surface area contributed by atoms with Gasteiger partial charge in [-0.05, 0) is 19.8 Å². The number of nitrogens with one attached hydrogen (secondary N) is 2. The van der Waals surface area contributed by atoms with Crippen LogP contribution < -0.4 is 10.6 Å². The highest BCUT2D eigenvalue weighted by molar-refractivity contribution is 5.78. The number of rotatable bonds is 6. The molecular weight excluding hydrogens is 196 g/mol. The lowest BCUT2D eigenvalue weighted by Gasteiger charge is -2.17. The largest absolute Gasteiger partial charge is 0.481 e. The zero-order chi connectivity index (χ0) is 11.4. The Kier molecular flexibility index (Phi) is 4.08. The van der Waals surface area contributed by atoms with Crippen molar-refractivity contribution in [2.75, 3.05) is 6.54 Å². The first-order valence-electron chi connectivity index (χ1n) is 5.26. The average molecular weight is 214 g/mol. The molecule has 0 aromatic rings. The summed E-state index contributed by atoms with van der Waals surface area (Å²) in [7, 11) is 0. The lowest BCUT2D eigenvalue weighted by Crippen LogP contribution is -2.42. The van der Waals surface area contributed by atoms with E-state index in [0.717, 1.165) is 12.8 Å². The van der Waals surface area contributed by atoms with Gasteiger partial charge in [-0.1, -0.05) is 6.92 Å². The Morgan fingerprint density at radius 1 is 1.40 bits per heavy atom. The molecule has 5 nitrogen and oxygen atoms in total. The maximum atomic E-state index is 11.3. The van der Waals surface area contributed by atoms with E-state index in [1.807, 2.05) is 0 Å². The smallest absolute Gasteiger partial charge is 0.307 e. The molecular formula is C10H18N2O3. The van der Waals surface area contributed by atoms with Gasteiger partial charge >= 0.3 is 5.97 Å². The Labute approximate surface area is 89.2 Å². The molecule has 1 amide bonds. The minimum atomic E-state index is -0.849. The van der Waals surface area contributed by atoms with Crippen LogP contribution >= 0.6 is 0 Å². The van der Waals surface area contributed by atoms with Crippen molar-refractivity contribution in [3.8, 4) is 0 Å². The van der Waals surface area contributed by atoms with Gasteiger partial charge in [0, 0.05) is 12.1 Å². The van der Waals surface area contributed by atoms with Gasteiger partial charge in [-0.25, -0.2) is 0 Å². The van der Waals surface area contributed by atoms with E-state index in [9.17, 15) is 9.59 Å². The molecule has 0 aromatic carbocycles. The molecule has 0 saturated heterocycles. The fourth-order valence-electron chi connectivity index (χ4n) is 1.15. The number of carbonyl (C=O) groups is 2. The molecule has 2 unspecified atom stereocenters. The predicted molar refractivity (Wildman–Crippen MR) is 55.4 cm³/mol. The van der Waals surface area contributed by atoms with Crippen LogP contribution in [-0.4, -0.2) is 35.6 Å². The summed E-state index contributed by atoms with van der Waals surface area (Å²) >= 11 is 0. The van der Waals surface area contributed by atoms with Crippen molar-refractivity contribution in [2.24, 2.45) is 5.92 Å². The number of aliphatic carboxylic acids is 1. The monoisotopic (exact) mass is 214 g/mol. The molecule has 0 heterocycles. The van der Waals surface area contributed by atoms with E-state index < -0.39 is 11.9 Å². The minimum Gasteiger partial charge on any atom is -0.481 e. The lowest BCUT2D eigenvalue weighted by atomic mass is 10.0. The Hall–Kier alpha value is -1.10. The summed E-state index contributed by atoms with van der Waals surface area (Å²) in [5.74, 6) is -1.39. The van der Waals surface area contributed by atoms with Crippen LogP contribution in [0.3, 0.4) is 0 Å². The molecule has 5 heteroatoms. The van der Waals surface area contributed by atoms with E-state index in [2.05, 4.69) is 10.6 Å². The Morgan fingerprint density at radius 2 is 2.00 bits per heavy atom. The van der Waals surface area contributed by atoms with Gasteiger partial charge in [0.05, 0.1) is 12.5 Å². The Morgan fingerprint density at radius 3 is 2.47 bits per heavy atom. The maximum absolute atomic E-state index is 11.3. The first-order valence-corrected chi connectivity index (χ1v) is 5.26. The summed E-state index contributed by atoms with van der Waals surface area (Å²) in [5.41, 5.74) is 0. The van der Waals surface area contributed by atoms with Crippen molar-refractivity contribution < 1.29 is 14.7 Å². The maximum Gasteiger partial charge on any atom is 0.307 e. The second-order valence-corrected chi connectivity index (χ2v) is 4.14. The van der Waals surface area contributed by atoms with Crippen LogP contribution in [-0.2, 0) is 9.59 Å².